The van der Waals surface area contributed by atoms with Crippen LogP contribution in [0.4, 0.5) is 5.69 Å². The van der Waals surface area contributed by atoms with E-state index in [-0.39, 0.29) is 12.3 Å². The van der Waals surface area contributed by atoms with Crippen LogP contribution < -0.4 is 5.73 Å². The number of ketones is 1. The van der Waals surface area contributed by atoms with E-state index in [2.05, 4.69) is 19.9 Å². The van der Waals surface area contributed by atoms with Crippen molar-refractivity contribution in [3.05, 3.63) is 60.3 Å². The Kier molecular flexibility index (Phi) is 3.31. The lowest BCUT2D eigenvalue weighted by atomic mass is 10.1. The number of Topliss-reactive ketones (excluding diaryl/α,β-unsaturated/α-hetero) is 1. The Morgan fingerprint density at radius 2 is 1.92 bits per heavy atom. The molecular weight excluding hydrogens is 306 g/mol. The van der Waals surface area contributed by atoms with E-state index in [1.165, 1.54) is 6.20 Å². The van der Waals surface area contributed by atoms with Crippen LogP contribution in [0.15, 0.2) is 59.4 Å². The third-order valence-electron chi connectivity index (χ3n) is 3.78. The molecule has 0 radical (unpaired) electrons. The molecule has 0 aliphatic rings. The summed E-state index contributed by atoms with van der Waals surface area (Å²) in [5.74, 6) is 0.497. The monoisotopic (exact) mass is 319 g/mol. The quantitative estimate of drug-likeness (QED) is 0.458. The number of hydrogen-bond acceptors (Lipinski definition) is 6. The molecule has 2 heterocycles. The lowest BCUT2D eigenvalue weighted by Gasteiger charge is -2.07. The van der Waals surface area contributed by atoms with Crippen molar-refractivity contribution in [2.75, 3.05) is 5.73 Å². The molecule has 24 heavy (non-hydrogen) atoms. The number of carbonyl (C=O) groups is 1. The topological polar surface area (TPSA) is 99.8 Å². The molecule has 0 unspecified atom stereocenters. The van der Waals surface area contributed by atoms with Gasteiger partial charge in [0.2, 0.25) is 0 Å². The number of nitrogens with zero attached hydrogens (tertiary/aromatic N) is 4. The zero-order valence-corrected chi connectivity index (χ0v) is 12.6. The van der Waals surface area contributed by atoms with E-state index in [1.54, 1.807) is 24.3 Å². The molecule has 0 saturated heterocycles. The minimum atomic E-state index is -0.0455. The summed E-state index contributed by atoms with van der Waals surface area (Å²) in [5.41, 5.74) is 8.99. The maximum Gasteiger partial charge on any atom is 0.182 e. The van der Waals surface area contributed by atoms with Gasteiger partial charge in [-0.25, -0.2) is 9.61 Å². The van der Waals surface area contributed by atoms with Gasteiger partial charge < -0.3 is 10.3 Å². The standard InChI is InChI=1S/C17H13N5O2/c18-12-7-5-11(6-8-12)16(23)10-22-15-4-2-1-3-13(15)20-17(22)14-9-19-24-21-14/h1-9H,10,18H2. The normalized spacial score (nSPS) is 11.0. The molecule has 0 bridgehead atoms. The Morgan fingerprint density at radius 3 is 2.67 bits per heavy atom. The maximum absolute atomic E-state index is 12.6. The van der Waals surface area contributed by atoms with Crippen LogP contribution in [0.25, 0.3) is 22.6 Å². The van der Waals surface area contributed by atoms with E-state index >= 15 is 0 Å². The summed E-state index contributed by atoms with van der Waals surface area (Å²) in [4.78, 5) is 17.2. The number of para-hydroxylation sites is 2. The first kappa shape index (κ1) is 14.1. The molecule has 2 aromatic carbocycles. The maximum atomic E-state index is 12.6. The van der Waals surface area contributed by atoms with E-state index in [4.69, 9.17) is 5.73 Å². The number of anilines is 1. The van der Waals surface area contributed by atoms with Crippen LogP contribution in [0.1, 0.15) is 10.4 Å². The first-order chi connectivity index (χ1) is 11.7. The average Bonchev–Trinajstić information content (AvgIpc) is 3.23. The van der Waals surface area contributed by atoms with Crippen molar-refractivity contribution in [2.45, 2.75) is 6.54 Å². The Hall–Kier alpha value is -3.48. The molecule has 0 saturated carbocycles. The average molecular weight is 319 g/mol. The predicted molar refractivity (Wildman–Crippen MR) is 88.2 cm³/mol. The predicted octanol–water partition coefficient (Wildman–Crippen LogP) is 2.55. The zero-order chi connectivity index (χ0) is 16.5. The highest BCUT2D eigenvalue weighted by Gasteiger charge is 2.18. The Balaban J connectivity index is 1.79. The number of imidazole rings is 1. The van der Waals surface area contributed by atoms with Gasteiger partial charge >= 0.3 is 0 Å². The van der Waals surface area contributed by atoms with Gasteiger partial charge in [0.05, 0.1) is 17.6 Å². The van der Waals surface area contributed by atoms with E-state index in [0.717, 1.165) is 11.0 Å². The molecular formula is C17H13N5O2. The van der Waals surface area contributed by atoms with Crippen molar-refractivity contribution in [1.29, 1.82) is 0 Å². The zero-order valence-electron chi connectivity index (χ0n) is 12.6. The molecule has 7 heteroatoms. The summed E-state index contributed by atoms with van der Waals surface area (Å²) in [5, 5.41) is 7.46. The minimum Gasteiger partial charge on any atom is -0.399 e. The Bertz CT molecular complexity index is 1000. The number of benzene rings is 2. The van der Waals surface area contributed by atoms with Crippen LogP contribution in [0.2, 0.25) is 0 Å². The van der Waals surface area contributed by atoms with Gasteiger partial charge in [-0.1, -0.05) is 17.3 Å². The molecule has 0 fully saturated rings. The highest BCUT2D eigenvalue weighted by Crippen LogP contribution is 2.23. The number of nitrogen functional groups attached to an aromatic ring is 1. The summed E-state index contributed by atoms with van der Waals surface area (Å²) in [6.45, 7) is 0.132. The van der Waals surface area contributed by atoms with Crippen molar-refractivity contribution < 1.29 is 9.42 Å². The number of rotatable bonds is 4. The minimum absolute atomic E-state index is 0.0455. The van der Waals surface area contributed by atoms with Crippen LogP contribution in [0, 0.1) is 0 Å². The van der Waals surface area contributed by atoms with Crippen molar-refractivity contribution in [3.63, 3.8) is 0 Å². The molecule has 0 spiro atoms. The van der Waals surface area contributed by atoms with Crippen LogP contribution in [-0.4, -0.2) is 25.6 Å². The second kappa shape index (κ2) is 5.62. The summed E-state index contributed by atoms with van der Waals surface area (Å²) in [6.07, 6.45) is 1.48. The molecule has 0 atom stereocenters. The van der Waals surface area contributed by atoms with Gasteiger partial charge in [-0.15, -0.1) is 0 Å². The van der Waals surface area contributed by atoms with Crippen molar-refractivity contribution in [2.24, 2.45) is 0 Å². The SMILES string of the molecule is Nc1ccc(C(=O)Cn2c(-c3cnon3)nc3ccccc32)cc1. The molecule has 0 aliphatic carbocycles. The molecule has 7 nitrogen and oxygen atoms in total. The van der Waals surface area contributed by atoms with Crippen LogP contribution in [0.3, 0.4) is 0 Å². The van der Waals surface area contributed by atoms with E-state index in [0.29, 0.717) is 22.8 Å². The Morgan fingerprint density at radius 1 is 1.12 bits per heavy atom. The highest BCUT2D eigenvalue weighted by molar-refractivity contribution is 5.97. The van der Waals surface area contributed by atoms with Crippen LogP contribution >= 0.6 is 0 Å². The van der Waals surface area contributed by atoms with Crippen molar-refractivity contribution in [3.8, 4) is 11.5 Å². The fourth-order valence-corrected chi connectivity index (χ4v) is 2.60. The van der Waals surface area contributed by atoms with Gasteiger partial charge in [-0.05, 0) is 41.6 Å². The number of fused-ring (bicyclic) bond motifs is 1. The number of aromatic nitrogens is 4. The van der Waals surface area contributed by atoms with Crippen molar-refractivity contribution in [1.82, 2.24) is 19.9 Å². The van der Waals surface area contributed by atoms with Gasteiger partial charge in [0.25, 0.3) is 0 Å². The van der Waals surface area contributed by atoms with Gasteiger partial charge in [-0.3, -0.25) is 4.79 Å². The highest BCUT2D eigenvalue weighted by atomic mass is 16.6. The number of nitrogens with two attached hydrogens (primary N) is 1. The first-order valence-electron chi connectivity index (χ1n) is 7.34. The Labute approximate surface area is 136 Å². The molecule has 2 aromatic heterocycles. The molecule has 4 rings (SSSR count). The van der Waals surface area contributed by atoms with Gasteiger partial charge in [0, 0.05) is 11.3 Å². The second-order valence-corrected chi connectivity index (χ2v) is 5.35. The van der Waals surface area contributed by atoms with Gasteiger partial charge in [-0.2, -0.15) is 0 Å². The van der Waals surface area contributed by atoms with Gasteiger partial charge in [0.15, 0.2) is 17.3 Å². The molecule has 0 amide bonds. The van der Waals surface area contributed by atoms with Crippen molar-refractivity contribution >= 4 is 22.5 Å². The molecule has 0 aliphatic heterocycles. The van der Waals surface area contributed by atoms with E-state index in [9.17, 15) is 4.79 Å². The summed E-state index contributed by atoms with van der Waals surface area (Å²) in [7, 11) is 0. The summed E-state index contributed by atoms with van der Waals surface area (Å²) in [6, 6.07) is 14.4. The third-order valence-corrected chi connectivity index (χ3v) is 3.78. The number of carbonyl (C=O) groups excluding carboxylic acids is 1. The summed E-state index contributed by atoms with van der Waals surface area (Å²) >= 11 is 0. The largest absolute Gasteiger partial charge is 0.399 e. The molecule has 118 valence electrons. The first-order valence-corrected chi connectivity index (χ1v) is 7.34. The fraction of sp³-hybridized carbons (Fsp3) is 0.0588. The van der Waals surface area contributed by atoms with E-state index in [1.807, 2.05) is 28.8 Å². The van der Waals surface area contributed by atoms with Crippen LogP contribution in [0.5, 0.6) is 0 Å². The second-order valence-electron chi connectivity index (χ2n) is 5.35. The third kappa shape index (κ3) is 2.41. The lowest BCUT2D eigenvalue weighted by Crippen LogP contribution is -2.11. The fourth-order valence-electron chi connectivity index (χ4n) is 2.60. The van der Waals surface area contributed by atoms with E-state index < -0.39 is 0 Å². The summed E-state index contributed by atoms with van der Waals surface area (Å²) < 4.78 is 6.48. The smallest absolute Gasteiger partial charge is 0.182 e. The molecule has 2 N–H and O–H groups in total. The van der Waals surface area contributed by atoms with Gasteiger partial charge in [0.1, 0.15) is 6.20 Å². The lowest BCUT2D eigenvalue weighted by molar-refractivity contribution is 0.0974. The molecule has 4 aromatic rings. The van der Waals surface area contributed by atoms with Crippen LogP contribution in [-0.2, 0) is 6.54 Å². The number of hydrogen-bond donors (Lipinski definition) is 1.